The van der Waals surface area contributed by atoms with Gasteiger partial charge in [-0.2, -0.15) is 0 Å². The van der Waals surface area contributed by atoms with Gasteiger partial charge >= 0.3 is 0 Å². The summed E-state index contributed by atoms with van der Waals surface area (Å²) in [6.07, 6.45) is 0.516. The van der Waals surface area contributed by atoms with E-state index in [1.165, 1.54) is 0 Å². The van der Waals surface area contributed by atoms with Gasteiger partial charge in [0.05, 0.1) is 0 Å². The number of ketones is 1. The molecule has 12 heavy (non-hydrogen) atoms. The number of hydrogen-bond donors (Lipinski definition) is 0. The highest BCUT2D eigenvalue weighted by molar-refractivity contribution is 9.10. The van der Waals surface area contributed by atoms with Crippen LogP contribution >= 0.6 is 15.9 Å². The van der Waals surface area contributed by atoms with E-state index in [9.17, 15) is 4.79 Å². The maximum absolute atomic E-state index is 11.3. The number of rotatable bonds is 3. The van der Waals surface area contributed by atoms with Gasteiger partial charge < -0.3 is 0 Å². The van der Waals surface area contributed by atoms with E-state index in [1.807, 2.05) is 38.4 Å². The summed E-state index contributed by atoms with van der Waals surface area (Å²) >= 11 is 3.31. The normalized spacial score (nSPS) is 9.50. The summed E-state index contributed by atoms with van der Waals surface area (Å²) in [5.41, 5.74) is 0.774. The Bertz CT molecular complexity index is 268. The largest absolute Gasteiger partial charge is 0.295 e. The molecule has 0 saturated heterocycles. The Hall–Kier alpha value is -0.565. The Kier molecular flexibility index (Phi) is 3.54. The molecule has 0 atom stereocenters. The summed E-state index contributed by atoms with van der Waals surface area (Å²) in [5, 5.41) is 0. The van der Waals surface area contributed by atoms with Gasteiger partial charge in [0.1, 0.15) is 7.28 Å². The molecule has 0 N–H and O–H groups in total. The van der Waals surface area contributed by atoms with Crippen molar-refractivity contribution in [1.29, 1.82) is 0 Å². The molecule has 0 aliphatic heterocycles. The van der Waals surface area contributed by atoms with Crippen molar-refractivity contribution in [3.63, 3.8) is 0 Å². The molecular formula is C9H9BBrO. The maximum Gasteiger partial charge on any atom is 0.155 e. The lowest BCUT2D eigenvalue weighted by Gasteiger charge is -1.97. The van der Waals surface area contributed by atoms with Crippen LogP contribution in [0.25, 0.3) is 0 Å². The van der Waals surface area contributed by atoms with Gasteiger partial charge in [0.2, 0.25) is 0 Å². The molecule has 1 aromatic carbocycles. The Morgan fingerprint density at radius 1 is 1.42 bits per heavy atom. The first-order valence-electron chi connectivity index (χ1n) is 3.80. The second-order valence-corrected chi connectivity index (χ2v) is 3.46. The van der Waals surface area contributed by atoms with Crippen molar-refractivity contribution in [3.8, 4) is 0 Å². The molecular weight excluding hydrogens is 215 g/mol. The summed E-state index contributed by atoms with van der Waals surface area (Å²) in [7, 11) is 1.87. The Morgan fingerprint density at radius 3 is 2.50 bits per heavy atom. The molecule has 0 aliphatic rings. The van der Waals surface area contributed by atoms with Crippen LogP contribution in [-0.2, 0) is 0 Å². The number of hydrogen-bond acceptors (Lipinski definition) is 1. The van der Waals surface area contributed by atoms with Crippen molar-refractivity contribution in [2.24, 2.45) is 0 Å². The minimum Gasteiger partial charge on any atom is -0.295 e. The molecule has 0 heterocycles. The zero-order valence-corrected chi connectivity index (χ0v) is 8.47. The average molecular weight is 224 g/mol. The highest BCUT2D eigenvalue weighted by Gasteiger charge is 2.02. The van der Waals surface area contributed by atoms with E-state index in [0.717, 1.165) is 10.0 Å². The number of benzene rings is 1. The summed E-state index contributed by atoms with van der Waals surface area (Å²) < 4.78 is 1.000. The smallest absolute Gasteiger partial charge is 0.155 e. The van der Waals surface area contributed by atoms with Crippen LogP contribution < -0.4 is 0 Å². The van der Waals surface area contributed by atoms with Crippen molar-refractivity contribution in [2.75, 3.05) is 0 Å². The lowest BCUT2D eigenvalue weighted by atomic mass is 9.75. The van der Waals surface area contributed by atoms with Gasteiger partial charge in [-0.15, -0.1) is 0 Å². The van der Waals surface area contributed by atoms with Crippen LogP contribution in [0.3, 0.4) is 0 Å². The third-order valence-electron chi connectivity index (χ3n) is 1.56. The van der Waals surface area contributed by atoms with Crippen LogP contribution in [0.15, 0.2) is 28.7 Å². The van der Waals surface area contributed by atoms with Crippen LogP contribution in [0, 0.1) is 0 Å². The number of halogens is 1. The summed E-state index contributed by atoms with van der Waals surface area (Å²) in [4.78, 5) is 11.3. The number of Topliss-reactive ketones (excluding diaryl/α,β-unsaturated/α-hetero) is 1. The van der Waals surface area contributed by atoms with Crippen LogP contribution in [0.2, 0.25) is 13.1 Å². The molecule has 1 nitrogen and oxygen atoms in total. The van der Waals surface area contributed by atoms with Gasteiger partial charge in [0, 0.05) is 10.0 Å². The van der Waals surface area contributed by atoms with E-state index in [1.54, 1.807) is 0 Å². The van der Waals surface area contributed by atoms with Crippen LogP contribution in [0.1, 0.15) is 10.4 Å². The Morgan fingerprint density at radius 2 is 2.00 bits per heavy atom. The molecule has 0 unspecified atom stereocenters. The predicted molar refractivity (Wildman–Crippen MR) is 54.9 cm³/mol. The van der Waals surface area contributed by atoms with E-state index >= 15 is 0 Å². The van der Waals surface area contributed by atoms with E-state index < -0.39 is 0 Å². The molecule has 0 spiro atoms. The van der Waals surface area contributed by atoms with Gasteiger partial charge in [-0.3, -0.25) is 4.79 Å². The van der Waals surface area contributed by atoms with Crippen molar-refractivity contribution in [1.82, 2.24) is 0 Å². The van der Waals surface area contributed by atoms with Crippen molar-refractivity contribution >= 4 is 29.0 Å². The predicted octanol–water partition coefficient (Wildman–Crippen LogP) is 2.80. The zero-order valence-electron chi connectivity index (χ0n) is 6.88. The van der Waals surface area contributed by atoms with E-state index in [4.69, 9.17) is 0 Å². The Balaban J connectivity index is 2.75. The first kappa shape index (κ1) is 9.52. The molecule has 0 aromatic heterocycles. The lowest BCUT2D eigenvalue weighted by molar-refractivity contribution is 0.101. The summed E-state index contributed by atoms with van der Waals surface area (Å²) in [5.74, 6) is 0.171. The lowest BCUT2D eigenvalue weighted by Crippen LogP contribution is -2.00. The molecule has 0 bridgehead atoms. The highest BCUT2D eigenvalue weighted by atomic mass is 79.9. The van der Waals surface area contributed by atoms with Gasteiger partial charge in [-0.25, -0.2) is 0 Å². The van der Waals surface area contributed by atoms with E-state index in [0.29, 0.717) is 6.32 Å². The van der Waals surface area contributed by atoms with Crippen molar-refractivity contribution in [2.45, 2.75) is 13.1 Å². The molecule has 0 fully saturated rings. The molecule has 0 amide bonds. The summed E-state index contributed by atoms with van der Waals surface area (Å²) in [6.45, 7) is 1.89. The fourth-order valence-electron chi connectivity index (χ4n) is 0.939. The topological polar surface area (TPSA) is 17.1 Å². The fraction of sp³-hybridized carbons (Fsp3) is 0.222. The van der Waals surface area contributed by atoms with Crippen LogP contribution in [-0.4, -0.2) is 13.1 Å². The Labute approximate surface area is 81.5 Å². The quantitative estimate of drug-likeness (QED) is 0.569. The van der Waals surface area contributed by atoms with Crippen LogP contribution in [0.4, 0.5) is 0 Å². The van der Waals surface area contributed by atoms with Gasteiger partial charge in [0.25, 0.3) is 0 Å². The van der Waals surface area contributed by atoms with Gasteiger partial charge in [0.15, 0.2) is 5.78 Å². The van der Waals surface area contributed by atoms with E-state index in [2.05, 4.69) is 15.9 Å². The second-order valence-electron chi connectivity index (χ2n) is 2.54. The van der Waals surface area contributed by atoms with Gasteiger partial charge in [-0.05, 0) is 18.5 Å². The first-order valence-corrected chi connectivity index (χ1v) is 4.60. The number of carbonyl (C=O) groups excluding carboxylic acids is 1. The minimum atomic E-state index is 0.171. The molecule has 1 aromatic rings. The minimum absolute atomic E-state index is 0.171. The molecule has 0 aliphatic carbocycles. The maximum atomic E-state index is 11.3. The molecule has 1 radical (unpaired) electrons. The van der Waals surface area contributed by atoms with Gasteiger partial charge in [-0.1, -0.05) is 34.9 Å². The molecule has 1 rings (SSSR count). The zero-order chi connectivity index (χ0) is 8.97. The van der Waals surface area contributed by atoms with Crippen LogP contribution in [0.5, 0.6) is 0 Å². The SMILES string of the molecule is C[B]CC(=O)c1ccc(Br)cc1. The number of carbonyl (C=O) groups is 1. The van der Waals surface area contributed by atoms with Crippen molar-refractivity contribution < 1.29 is 4.79 Å². The second kappa shape index (κ2) is 4.46. The average Bonchev–Trinajstić information content (AvgIpc) is 2.06. The monoisotopic (exact) mass is 223 g/mol. The first-order chi connectivity index (χ1) is 5.74. The summed E-state index contributed by atoms with van der Waals surface area (Å²) in [6, 6.07) is 7.41. The molecule has 0 saturated carbocycles. The third-order valence-corrected chi connectivity index (χ3v) is 2.08. The fourth-order valence-corrected chi connectivity index (χ4v) is 1.20. The third kappa shape index (κ3) is 2.49. The standard InChI is InChI=1S/C9H9BBrO/c1-10-6-9(12)7-2-4-8(11)5-3-7/h2-5H,6H2,1H3. The highest BCUT2D eigenvalue weighted by Crippen LogP contribution is 2.11. The molecule has 61 valence electrons. The van der Waals surface area contributed by atoms with E-state index in [-0.39, 0.29) is 5.78 Å². The molecule has 3 heteroatoms. The van der Waals surface area contributed by atoms with Crippen molar-refractivity contribution in [3.05, 3.63) is 34.3 Å².